The second-order valence-corrected chi connectivity index (χ2v) is 4.11. The van der Waals surface area contributed by atoms with Crippen molar-refractivity contribution in [1.29, 1.82) is 0 Å². The van der Waals surface area contributed by atoms with E-state index in [1.807, 2.05) is 0 Å². The molecule has 0 aliphatic carbocycles. The number of hydrogen-bond acceptors (Lipinski definition) is 4. The van der Waals surface area contributed by atoms with Crippen molar-refractivity contribution >= 4 is 36.3 Å². The summed E-state index contributed by atoms with van der Waals surface area (Å²) in [5, 5.41) is 16.4. The Balaban J connectivity index is 3.80. The van der Waals surface area contributed by atoms with E-state index in [1.165, 1.54) is 11.8 Å². The summed E-state index contributed by atoms with van der Waals surface area (Å²) in [6, 6.07) is 0. The Bertz CT molecular complexity index is 183. The Hall–Kier alpha value is -0.360. The normalized spacial score (nSPS) is 12.4. The summed E-state index contributed by atoms with van der Waals surface area (Å²) in [6.07, 6.45) is 0.0691. The molecule has 0 bridgehead atoms. The molecule has 0 aromatic rings. The van der Waals surface area contributed by atoms with Gasteiger partial charge in [-0.2, -0.15) is 12.6 Å². The molecule has 0 aromatic heterocycles. The summed E-state index contributed by atoms with van der Waals surface area (Å²) in [5.41, 5.74) is 0. The van der Waals surface area contributed by atoms with Gasteiger partial charge in [0, 0.05) is 12.2 Å². The lowest BCUT2D eigenvalue weighted by Gasteiger charge is -2.08. The van der Waals surface area contributed by atoms with Crippen LogP contribution >= 0.6 is 24.4 Å². The maximum absolute atomic E-state index is 10.6. The molecule has 4 nitrogen and oxygen atoms in total. The zero-order chi connectivity index (χ0) is 10.3. The molecular formula is C7H12O4S2. The number of thiol groups is 1. The first-order valence-electron chi connectivity index (χ1n) is 3.75. The first kappa shape index (κ1) is 12.6. The molecule has 2 N–H and O–H groups in total. The van der Waals surface area contributed by atoms with E-state index in [4.69, 9.17) is 10.2 Å². The van der Waals surface area contributed by atoms with Crippen molar-refractivity contribution in [2.45, 2.75) is 18.1 Å². The van der Waals surface area contributed by atoms with Crippen LogP contribution in [0.5, 0.6) is 0 Å². The lowest BCUT2D eigenvalue weighted by Crippen LogP contribution is -2.18. The van der Waals surface area contributed by atoms with Gasteiger partial charge in [-0.05, 0) is 12.2 Å². The molecule has 0 aromatic carbocycles. The van der Waals surface area contributed by atoms with E-state index in [2.05, 4.69) is 12.6 Å². The minimum atomic E-state index is -0.960. The molecule has 0 radical (unpaired) electrons. The highest BCUT2D eigenvalue weighted by atomic mass is 32.2. The van der Waals surface area contributed by atoms with Gasteiger partial charge < -0.3 is 10.2 Å². The van der Waals surface area contributed by atoms with E-state index >= 15 is 0 Å². The lowest BCUT2D eigenvalue weighted by molar-refractivity contribution is -0.138. The van der Waals surface area contributed by atoms with Gasteiger partial charge in [-0.25, -0.2) is 0 Å². The van der Waals surface area contributed by atoms with Crippen molar-refractivity contribution in [3.63, 3.8) is 0 Å². The Morgan fingerprint density at radius 1 is 1.38 bits per heavy atom. The fraction of sp³-hybridized carbons (Fsp3) is 0.714. The van der Waals surface area contributed by atoms with Crippen molar-refractivity contribution in [3.8, 4) is 0 Å². The highest BCUT2D eigenvalue weighted by Gasteiger charge is 2.18. The van der Waals surface area contributed by atoms with Crippen LogP contribution in [0.2, 0.25) is 0 Å². The Morgan fingerprint density at radius 3 is 2.38 bits per heavy atom. The smallest absolute Gasteiger partial charge is 0.316 e. The molecule has 1 atom stereocenters. The summed E-state index contributed by atoms with van der Waals surface area (Å²) >= 11 is 5.17. The van der Waals surface area contributed by atoms with Crippen LogP contribution in [-0.4, -0.2) is 38.9 Å². The summed E-state index contributed by atoms with van der Waals surface area (Å²) in [6.45, 7) is 0. The Labute approximate surface area is 86.1 Å². The number of carbonyl (C=O) groups is 2. The zero-order valence-electron chi connectivity index (χ0n) is 6.97. The van der Waals surface area contributed by atoms with Crippen molar-refractivity contribution in [3.05, 3.63) is 0 Å². The van der Waals surface area contributed by atoms with E-state index in [0.717, 1.165) is 0 Å². The van der Waals surface area contributed by atoms with Gasteiger partial charge in [0.25, 0.3) is 0 Å². The molecule has 76 valence electrons. The van der Waals surface area contributed by atoms with E-state index < -0.39 is 17.2 Å². The van der Waals surface area contributed by atoms with Crippen LogP contribution < -0.4 is 0 Å². The van der Waals surface area contributed by atoms with Crippen LogP contribution in [-0.2, 0) is 9.59 Å². The fourth-order valence-electron chi connectivity index (χ4n) is 0.728. The number of aliphatic carboxylic acids is 2. The monoisotopic (exact) mass is 224 g/mol. The first-order chi connectivity index (χ1) is 6.07. The number of carboxylic acid groups (broad SMARTS) is 2. The van der Waals surface area contributed by atoms with E-state index in [0.29, 0.717) is 11.5 Å². The van der Waals surface area contributed by atoms with Crippen molar-refractivity contribution in [1.82, 2.24) is 0 Å². The maximum Gasteiger partial charge on any atom is 0.316 e. The third-order valence-electron chi connectivity index (χ3n) is 1.31. The minimum absolute atomic E-state index is 0.101. The number of hydrogen-bond donors (Lipinski definition) is 3. The standard InChI is InChI=1S/C7H12O4S2/c8-6(9)2-1-5(7(10)11)13-4-3-12/h5,12H,1-4H2,(H,8,9)(H,10,11). The van der Waals surface area contributed by atoms with Crippen molar-refractivity contribution in [2.24, 2.45) is 0 Å². The summed E-state index contributed by atoms with van der Waals surface area (Å²) in [7, 11) is 0. The topological polar surface area (TPSA) is 74.6 Å². The molecule has 6 heteroatoms. The molecule has 0 aliphatic heterocycles. The third kappa shape index (κ3) is 6.77. The van der Waals surface area contributed by atoms with E-state index in [9.17, 15) is 9.59 Å². The molecule has 0 amide bonds. The fourth-order valence-corrected chi connectivity index (χ4v) is 1.86. The average molecular weight is 224 g/mol. The number of rotatable bonds is 7. The van der Waals surface area contributed by atoms with E-state index in [1.54, 1.807) is 0 Å². The Kier molecular flexibility index (Phi) is 6.89. The molecular weight excluding hydrogens is 212 g/mol. The number of thioether (sulfide) groups is 1. The van der Waals surface area contributed by atoms with Gasteiger partial charge in [-0.15, -0.1) is 11.8 Å². The lowest BCUT2D eigenvalue weighted by atomic mass is 10.2. The molecule has 0 rings (SSSR count). The quantitative estimate of drug-likeness (QED) is 0.562. The van der Waals surface area contributed by atoms with Crippen LogP contribution in [0.4, 0.5) is 0 Å². The van der Waals surface area contributed by atoms with Crippen LogP contribution in [0.3, 0.4) is 0 Å². The molecule has 1 unspecified atom stereocenters. The van der Waals surface area contributed by atoms with Gasteiger partial charge in [-0.1, -0.05) is 0 Å². The van der Waals surface area contributed by atoms with Crippen LogP contribution in [0.1, 0.15) is 12.8 Å². The Morgan fingerprint density at radius 2 is 2.00 bits per heavy atom. The summed E-state index contributed by atoms with van der Waals surface area (Å²) in [4.78, 5) is 20.8. The summed E-state index contributed by atoms with van der Waals surface area (Å²) in [5.74, 6) is -0.688. The zero-order valence-corrected chi connectivity index (χ0v) is 8.68. The predicted molar refractivity (Wildman–Crippen MR) is 54.6 cm³/mol. The van der Waals surface area contributed by atoms with Crippen molar-refractivity contribution in [2.75, 3.05) is 11.5 Å². The van der Waals surface area contributed by atoms with Crippen LogP contribution in [0.15, 0.2) is 0 Å². The minimum Gasteiger partial charge on any atom is -0.481 e. The van der Waals surface area contributed by atoms with Crippen LogP contribution in [0, 0.1) is 0 Å². The molecule has 0 saturated carbocycles. The highest BCUT2D eigenvalue weighted by molar-refractivity contribution is 8.01. The van der Waals surface area contributed by atoms with Crippen LogP contribution in [0.25, 0.3) is 0 Å². The molecule has 0 fully saturated rings. The van der Waals surface area contributed by atoms with Gasteiger partial charge in [0.05, 0.1) is 0 Å². The van der Waals surface area contributed by atoms with Gasteiger partial charge in [0.1, 0.15) is 5.25 Å². The second-order valence-electron chi connectivity index (χ2n) is 2.35. The summed E-state index contributed by atoms with van der Waals surface area (Å²) < 4.78 is 0. The number of carboxylic acids is 2. The van der Waals surface area contributed by atoms with E-state index in [-0.39, 0.29) is 12.8 Å². The van der Waals surface area contributed by atoms with Gasteiger partial charge in [-0.3, -0.25) is 9.59 Å². The van der Waals surface area contributed by atoms with Gasteiger partial charge >= 0.3 is 11.9 Å². The largest absolute Gasteiger partial charge is 0.481 e. The van der Waals surface area contributed by atoms with Gasteiger partial charge in [0.2, 0.25) is 0 Å². The molecule has 0 spiro atoms. The molecule has 0 saturated heterocycles. The third-order valence-corrected chi connectivity index (χ3v) is 3.11. The molecule has 0 aliphatic rings. The predicted octanol–water partition coefficient (Wildman–Crippen LogP) is 0.967. The van der Waals surface area contributed by atoms with Crippen molar-refractivity contribution < 1.29 is 19.8 Å². The SMILES string of the molecule is O=C(O)CCC(SCCS)C(=O)O. The molecule has 13 heavy (non-hydrogen) atoms. The maximum atomic E-state index is 10.6. The van der Waals surface area contributed by atoms with Gasteiger partial charge in [0.15, 0.2) is 0 Å². The average Bonchev–Trinajstić information content (AvgIpc) is 2.03. The first-order valence-corrected chi connectivity index (χ1v) is 5.43. The second kappa shape index (κ2) is 7.08. The highest BCUT2D eigenvalue weighted by Crippen LogP contribution is 2.16. The molecule has 0 heterocycles.